The van der Waals surface area contributed by atoms with E-state index in [2.05, 4.69) is 33.7 Å². The Bertz CT molecular complexity index is 2070. The summed E-state index contributed by atoms with van der Waals surface area (Å²) in [7, 11) is 1.65. The van der Waals surface area contributed by atoms with E-state index in [1.807, 2.05) is 13.0 Å². The van der Waals surface area contributed by atoms with Crippen molar-refractivity contribution in [1.29, 1.82) is 0 Å². The number of carbonyl (C=O) groups is 3. The van der Waals surface area contributed by atoms with Crippen LogP contribution in [0.15, 0.2) is 53.7 Å². The molecule has 1 fully saturated rings. The van der Waals surface area contributed by atoms with E-state index in [1.165, 1.54) is 28.9 Å². The predicted molar refractivity (Wildman–Crippen MR) is 187 cm³/mol. The van der Waals surface area contributed by atoms with Crippen LogP contribution < -0.4 is 15.8 Å². The number of morpholine rings is 1. The smallest absolute Gasteiger partial charge is 0.302 e. The zero-order valence-corrected chi connectivity index (χ0v) is 29.0. The van der Waals surface area contributed by atoms with E-state index in [4.69, 9.17) is 9.47 Å². The van der Waals surface area contributed by atoms with Gasteiger partial charge in [0.25, 0.3) is 17.4 Å². The molecule has 4 aromatic rings. The predicted octanol–water partition coefficient (Wildman–Crippen LogP) is 4.10. The number of amides is 2. The second-order valence-corrected chi connectivity index (χ2v) is 14.1. The molecule has 50 heavy (non-hydrogen) atoms. The van der Waals surface area contributed by atoms with Gasteiger partial charge in [0, 0.05) is 69.0 Å². The molecular weight excluding hydrogens is 638 g/mol. The van der Waals surface area contributed by atoms with Crippen LogP contribution in [0.4, 0.5) is 17.3 Å². The van der Waals surface area contributed by atoms with Crippen LogP contribution in [0.1, 0.15) is 65.4 Å². The second kappa shape index (κ2) is 12.9. The van der Waals surface area contributed by atoms with Gasteiger partial charge in [-0.1, -0.05) is 13.8 Å². The van der Waals surface area contributed by atoms with Gasteiger partial charge in [-0.2, -0.15) is 0 Å². The standard InChI is InChI=1S/C37H41N7O6/c1-22-20-49-13-12-42(22)34(46)24-6-7-32(39-18-24)40-29-14-26(19-41(5)35(29)47)27-8-9-38-33(28(27)21-50-23(2)45)44-11-10-43-30(36(44)48)15-25-16-37(3,4)17-31(25)43/h6-9,14-15,18-19,22H,10-13,16-17,20-21H2,1-5H3,(H,39,40)/t22-/m0/s1. The molecule has 1 atom stereocenters. The molecule has 7 rings (SSSR count). The summed E-state index contributed by atoms with van der Waals surface area (Å²) in [6, 6.07) is 8.80. The second-order valence-electron chi connectivity index (χ2n) is 14.1. The Labute approximate surface area is 289 Å². The van der Waals surface area contributed by atoms with E-state index < -0.39 is 5.97 Å². The number of nitrogens with one attached hydrogen (secondary N) is 1. The molecule has 0 saturated carbocycles. The van der Waals surface area contributed by atoms with Gasteiger partial charge in [0.15, 0.2) is 0 Å². The summed E-state index contributed by atoms with van der Waals surface area (Å²) < 4.78 is 14.6. The lowest BCUT2D eigenvalue weighted by Gasteiger charge is -2.33. The lowest BCUT2D eigenvalue weighted by Crippen LogP contribution is -2.47. The first-order chi connectivity index (χ1) is 23.9. The van der Waals surface area contributed by atoms with E-state index in [1.54, 1.807) is 53.5 Å². The summed E-state index contributed by atoms with van der Waals surface area (Å²) in [4.78, 5) is 64.9. The average molecular weight is 680 g/mol. The molecule has 0 unspecified atom stereocenters. The van der Waals surface area contributed by atoms with E-state index >= 15 is 0 Å². The Morgan fingerprint density at radius 3 is 2.64 bits per heavy atom. The van der Waals surface area contributed by atoms with Gasteiger partial charge in [0.1, 0.15) is 29.6 Å². The van der Waals surface area contributed by atoms with Crippen molar-refractivity contribution >= 4 is 35.1 Å². The third kappa shape index (κ3) is 6.17. The number of hydrogen-bond donors (Lipinski definition) is 1. The molecule has 1 saturated heterocycles. The largest absolute Gasteiger partial charge is 0.461 e. The van der Waals surface area contributed by atoms with E-state index in [0.29, 0.717) is 72.4 Å². The fourth-order valence-corrected chi connectivity index (χ4v) is 7.29. The number of hydrogen-bond acceptors (Lipinski definition) is 9. The molecule has 0 spiro atoms. The summed E-state index contributed by atoms with van der Waals surface area (Å²) in [5.41, 5.74) is 5.49. The van der Waals surface area contributed by atoms with Gasteiger partial charge in [-0.15, -0.1) is 0 Å². The van der Waals surface area contributed by atoms with Crippen molar-refractivity contribution in [1.82, 2.24) is 24.0 Å². The summed E-state index contributed by atoms with van der Waals surface area (Å²) in [6.07, 6.45) is 6.66. The molecule has 1 aliphatic carbocycles. The molecule has 4 aromatic heterocycles. The van der Waals surface area contributed by atoms with Crippen molar-refractivity contribution < 1.29 is 23.9 Å². The average Bonchev–Trinajstić information content (AvgIpc) is 3.58. The lowest BCUT2D eigenvalue weighted by atomic mass is 9.90. The molecular formula is C37H41N7O6. The van der Waals surface area contributed by atoms with Gasteiger partial charge >= 0.3 is 5.97 Å². The third-order valence-corrected chi connectivity index (χ3v) is 9.73. The minimum absolute atomic E-state index is 0.0351. The molecule has 260 valence electrons. The lowest BCUT2D eigenvalue weighted by molar-refractivity contribution is -0.142. The molecule has 13 nitrogen and oxygen atoms in total. The van der Waals surface area contributed by atoms with Gasteiger partial charge in [-0.3, -0.25) is 24.1 Å². The number of aryl methyl sites for hydroxylation is 1. The molecule has 2 aliphatic heterocycles. The van der Waals surface area contributed by atoms with Crippen LogP contribution in [-0.4, -0.2) is 74.1 Å². The van der Waals surface area contributed by atoms with Crippen LogP contribution >= 0.6 is 0 Å². The molecule has 0 aromatic carbocycles. The van der Waals surface area contributed by atoms with Crippen LogP contribution in [0, 0.1) is 5.41 Å². The fourth-order valence-electron chi connectivity index (χ4n) is 7.29. The number of aromatic nitrogens is 4. The number of pyridine rings is 3. The number of rotatable bonds is 7. The SMILES string of the molecule is CC(=O)OCc1c(-c2cc(Nc3ccc(C(=O)N4CCOC[C@@H]4C)cn3)c(=O)n(C)c2)ccnc1N1CCn2c(cc3c2CC(C)(C)C3)C1=O. The minimum Gasteiger partial charge on any atom is -0.461 e. The topological polar surface area (TPSA) is 141 Å². The van der Waals surface area contributed by atoms with Gasteiger partial charge < -0.3 is 28.8 Å². The molecule has 0 radical (unpaired) electrons. The normalized spacial score (nSPS) is 18.1. The highest BCUT2D eigenvalue weighted by molar-refractivity contribution is 6.06. The highest BCUT2D eigenvalue weighted by atomic mass is 16.5. The molecule has 0 bridgehead atoms. The first-order valence-electron chi connectivity index (χ1n) is 16.9. The Hall–Kier alpha value is -5.30. The number of nitrogens with zero attached hydrogens (tertiary/aromatic N) is 6. The Balaban J connectivity index is 1.20. The maximum atomic E-state index is 14.0. The quantitative estimate of drug-likeness (QED) is 0.286. The number of ether oxygens (including phenoxy) is 2. The number of esters is 1. The first-order valence-corrected chi connectivity index (χ1v) is 16.9. The number of anilines is 3. The van der Waals surface area contributed by atoms with Crippen molar-refractivity contribution in [2.45, 2.75) is 59.7 Å². The highest BCUT2D eigenvalue weighted by Gasteiger charge is 2.37. The van der Waals surface area contributed by atoms with Gasteiger partial charge in [0.2, 0.25) is 0 Å². The summed E-state index contributed by atoms with van der Waals surface area (Å²) in [5, 5.41) is 3.11. The van der Waals surface area contributed by atoms with Crippen molar-refractivity contribution in [2.75, 3.05) is 36.5 Å². The van der Waals surface area contributed by atoms with Crippen molar-refractivity contribution in [3.63, 3.8) is 0 Å². The minimum atomic E-state index is -0.470. The van der Waals surface area contributed by atoms with Crippen LogP contribution in [0.5, 0.6) is 0 Å². The van der Waals surface area contributed by atoms with E-state index in [9.17, 15) is 19.2 Å². The highest BCUT2D eigenvalue weighted by Crippen LogP contribution is 2.40. The van der Waals surface area contributed by atoms with Crippen molar-refractivity contribution in [3.05, 3.63) is 87.4 Å². The summed E-state index contributed by atoms with van der Waals surface area (Å²) in [5.74, 6) is 0.0405. The molecule has 2 amide bonds. The monoisotopic (exact) mass is 679 g/mol. The van der Waals surface area contributed by atoms with Gasteiger partial charge in [-0.05, 0) is 66.6 Å². The van der Waals surface area contributed by atoms with Crippen LogP contribution in [0.3, 0.4) is 0 Å². The Morgan fingerprint density at radius 2 is 1.90 bits per heavy atom. The van der Waals surface area contributed by atoms with Crippen molar-refractivity contribution in [3.8, 4) is 11.1 Å². The van der Waals surface area contributed by atoms with Crippen LogP contribution in [0.2, 0.25) is 0 Å². The summed E-state index contributed by atoms with van der Waals surface area (Å²) >= 11 is 0. The van der Waals surface area contributed by atoms with Crippen LogP contribution in [0.25, 0.3) is 11.1 Å². The van der Waals surface area contributed by atoms with Crippen LogP contribution in [-0.2, 0) is 47.3 Å². The Kier molecular flexibility index (Phi) is 8.54. The van der Waals surface area contributed by atoms with Crippen molar-refractivity contribution in [2.24, 2.45) is 12.5 Å². The molecule has 3 aliphatic rings. The number of carbonyl (C=O) groups excluding carboxylic acids is 3. The molecule has 1 N–H and O–H groups in total. The first kappa shape index (κ1) is 33.2. The maximum absolute atomic E-state index is 14.0. The van der Waals surface area contributed by atoms with Gasteiger partial charge in [-0.25, -0.2) is 9.97 Å². The third-order valence-electron chi connectivity index (χ3n) is 9.73. The maximum Gasteiger partial charge on any atom is 0.302 e. The molecule has 6 heterocycles. The molecule has 13 heteroatoms. The summed E-state index contributed by atoms with van der Waals surface area (Å²) in [6.45, 7) is 10.2. The fraction of sp³-hybridized carbons (Fsp3) is 0.405. The zero-order chi connectivity index (χ0) is 35.3. The zero-order valence-electron chi connectivity index (χ0n) is 29.0. The van der Waals surface area contributed by atoms with E-state index in [-0.39, 0.29) is 41.1 Å². The Morgan fingerprint density at radius 1 is 1.08 bits per heavy atom. The van der Waals surface area contributed by atoms with E-state index in [0.717, 1.165) is 12.8 Å². The number of fused-ring (bicyclic) bond motifs is 3. The van der Waals surface area contributed by atoms with Gasteiger partial charge in [0.05, 0.1) is 24.8 Å².